The van der Waals surface area contributed by atoms with Crippen LogP contribution in [0.3, 0.4) is 0 Å². The van der Waals surface area contributed by atoms with Gasteiger partial charge in [-0.1, -0.05) is 0 Å². The lowest BCUT2D eigenvalue weighted by atomic mass is 10.2. The summed E-state index contributed by atoms with van der Waals surface area (Å²) in [7, 11) is 2.94. The van der Waals surface area contributed by atoms with Crippen LogP contribution in [-0.2, 0) is 9.05 Å². The number of rotatable bonds is 2. The van der Waals surface area contributed by atoms with E-state index in [1.54, 1.807) is 24.4 Å². The smallest absolute Gasteiger partial charge is 0.265 e. The van der Waals surface area contributed by atoms with Crippen molar-refractivity contribution in [1.82, 2.24) is 4.98 Å². The quantitative estimate of drug-likeness (QED) is 0.774. The van der Waals surface area contributed by atoms with Gasteiger partial charge < -0.3 is 4.74 Å². The standard InChI is InChI=1S/C10H8ClNO3S/c1-15-9-3-2-7-6-12-5-4-8(7)10(9)16(11,13)14/h2-6H,1H3. The van der Waals surface area contributed by atoms with Crippen LogP contribution in [0.1, 0.15) is 0 Å². The summed E-state index contributed by atoms with van der Waals surface area (Å²) in [6.45, 7) is 0. The van der Waals surface area contributed by atoms with Crippen molar-refractivity contribution in [2.24, 2.45) is 0 Å². The second-order valence-corrected chi connectivity index (χ2v) is 5.63. The van der Waals surface area contributed by atoms with Gasteiger partial charge in [-0.2, -0.15) is 0 Å². The number of hydrogen-bond acceptors (Lipinski definition) is 4. The average molecular weight is 258 g/mol. The zero-order valence-corrected chi connectivity index (χ0v) is 9.92. The second-order valence-electron chi connectivity index (χ2n) is 3.13. The molecule has 0 saturated carbocycles. The molecule has 2 aromatic rings. The number of aromatic nitrogens is 1. The first-order valence-corrected chi connectivity index (χ1v) is 6.70. The molecular formula is C10H8ClNO3S. The number of hydrogen-bond donors (Lipinski definition) is 0. The Labute approximate surface area is 97.2 Å². The highest BCUT2D eigenvalue weighted by atomic mass is 35.7. The summed E-state index contributed by atoms with van der Waals surface area (Å²) >= 11 is 0. The molecule has 1 heterocycles. The van der Waals surface area contributed by atoms with Crippen molar-refractivity contribution >= 4 is 30.5 Å². The van der Waals surface area contributed by atoms with Crippen LogP contribution in [0.5, 0.6) is 5.75 Å². The Hall–Kier alpha value is -1.33. The van der Waals surface area contributed by atoms with Crippen molar-refractivity contribution in [1.29, 1.82) is 0 Å². The maximum Gasteiger partial charge on any atom is 0.265 e. The summed E-state index contributed by atoms with van der Waals surface area (Å²) in [4.78, 5) is 3.90. The molecule has 0 atom stereocenters. The van der Waals surface area contributed by atoms with E-state index in [1.165, 1.54) is 13.3 Å². The number of halogens is 1. The van der Waals surface area contributed by atoms with E-state index in [4.69, 9.17) is 15.4 Å². The number of fused-ring (bicyclic) bond motifs is 1. The molecule has 0 aliphatic heterocycles. The predicted molar refractivity (Wildman–Crippen MR) is 61.3 cm³/mol. The zero-order valence-electron chi connectivity index (χ0n) is 8.34. The maximum absolute atomic E-state index is 11.5. The first-order chi connectivity index (χ1) is 7.54. The average Bonchev–Trinajstić information content (AvgIpc) is 2.26. The molecule has 1 aromatic heterocycles. The van der Waals surface area contributed by atoms with Gasteiger partial charge in [-0.15, -0.1) is 0 Å². The highest BCUT2D eigenvalue weighted by Gasteiger charge is 2.20. The lowest BCUT2D eigenvalue weighted by Gasteiger charge is -2.08. The molecule has 0 unspecified atom stereocenters. The Bertz CT molecular complexity index is 640. The number of nitrogens with zero attached hydrogens (tertiary/aromatic N) is 1. The molecule has 0 radical (unpaired) electrons. The molecule has 0 spiro atoms. The lowest BCUT2D eigenvalue weighted by Crippen LogP contribution is -1.97. The molecular weight excluding hydrogens is 250 g/mol. The van der Waals surface area contributed by atoms with Crippen LogP contribution >= 0.6 is 10.7 Å². The summed E-state index contributed by atoms with van der Waals surface area (Å²) < 4.78 is 28.0. The topological polar surface area (TPSA) is 56.3 Å². The fourth-order valence-electron chi connectivity index (χ4n) is 1.53. The third-order valence-electron chi connectivity index (χ3n) is 2.20. The Morgan fingerprint density at radius 2 is 2.06 bits per heavy atom. The summed E-state index contributed by atoms with van der Waals surface area (Å²) in [5.41, 5.74) is 0. The van der Waals surface area contributed by atoms with Gasteiger partial charge in [0.25, 0.3) is 9.05 Å². The summed E-state index contributed by atoms with van der Waals surface area (Å²) in [6, 6.07) is 4.87. The fourth-order valence-corrected chi connectivity index (χ4v) is 2.85. The van der Waals surface area contributed by atoms with Gasteiger partial charge >= 0.3 is 0 Å². The van der Waals surface area contributed by atoms with Crippen LogP contribution < -0.4 is 4.74 Å². The van der Waals surface area contributed by atoms with Gasteiger partial charge in [0.1, 0.15) is 10.6 Å². The van der Waals surface area contributed by atoms with Crippen LogP contribution in [0, 0.1) is 0 Å². The van der Waals surface area contributed by atoms with Crippen molar-refractivity contribution in [3.63, 3.8) is 0 Å². The van der Waals surface area contributed by atoms with Crippen LogP contribution in [0.2, 0.25) is 0 Å². The van der Waals surface area contributed by atoms with Gasteiger partial charge in [-0.05, 0) is 18.2 Å². The molecule has 84 valence electrons. The van der Waals surface area contributed by atoms with Crippen LogP contribution in [0.15, 0.2) is 35.5 Å². The SMILES string of the molecule is COc1ccc2cnccc2c1S(=O)(=O)Cl. The summed E-state index contributed by atoms with van der Waals surface area (Å²) in [5, 5.41) is 1.20. The molecule has 0 saturated heterocycles. The zero-order chi connectivity index (χ0) is 11.8. The van der Waals surface area contributed by atoms with E-state index >= 15 is 0 Å². The molecule has 0 fully saturated rings. The van der Waals surface area contributed by atoms with Gasteiger partial charge in [0.2, 0.25) is 0 Å². The predicted octanol–water partition coefficient (Wildman–Crippen LogP) is 2.17. The number of ether oxygens (including phenoxy) is 1. The van der Waals surface area contributed by atoms with E-state index in [-0.39, 0.29) is 10.6 Å². The molecule has 0 N–H and O–H groups in total. The Morgan fingerprint density at radius 3 is 2.69 bits per heavy atom. The van der Waals surface area contributed by atoms with Gasteiger partial charge in [0, 0.05) is 33.8 Å². The molecule has 6 heteroatoms. The minimum atomic E-state index is -3.85. The summed E-state index contributed by atoms with van der Waals surface area (Å²) in [5.74, 6) is 0.230. The number of benzene rings is 1. The maximum atomic E-state index is 11.5. The van der Waals surface area contributed by atoms with Crippen LogP contribution in [0.25, 0.3) is 10.8 Å². The van der Waals surface area contributed by atoms with Crippen LogP contribution in [0.4, 0.5) is 0 Å². The first-order valence-electron chi connectivity index (χ1n) is 4.39. The Kier molecular flexibility index (Phi) is 2.73. The van der Waals surface area contributed by atoms with E-state index in [9.17, 15) is 8.42 Å². The molecule has 4 nitrogen and oxygen atoms in total. The Balaban J connectivity index is 2.95. The fraction of sp³-hybridized carbons (Fsp3) is 0.100. The van der Waals surface area contributed by atoms with Crippen molar-refractivity contribution < 1.29 is 13.2 Å². The molecule has 1 aromatic carbocycles. The normalized spacial score (nSPS) is 11.6. The van der Waals surface area contributed by atoms with Gasteiger partial charge in [0.15, 0.2) is 0 Å². The molecule has 0 aliphatic rings. The van der Waals surface area contributed by atoms with E-state index in [0.717, 1.165) is 0 Å². The molecule has 16 heavy (non-hydrogen) atoms. The third kappa shape index (κ3) is 1.83. The second kappa shape index (κ2) is 3.92. The van der Waals surface area contributed by atoms with Crippen molar-refractivity contribution in [3.8, 4) is 5.75 Å². The monoisotopic (exact) mass is 257 g/mol. The van der Waals surface area contributed by atoms with Gasteiger partial charge in [-0.25, -0.2) is 8.42 Å². The summed E-state index contributed by atoms with van der Waals surface area (Å²) in [6.07, 6.45) is 3.08. The highest BCUT2D eigenvalue weighted by Crippen LogP contribution is 2.33. The van der Waals surface area contributed by atoms with Crippen molar-refractivity contribution in [2.75, 3.05) is 7.11 Å². The number of pyridine rings is 1. The van der Waals surface area contributed by atoms with Crippen molar-refractivity contribution in [2.45, 2.75) is 4.90 Å². The minimum Gasteiger partial charge on any atom is -0.495 e. The minimum absolute atomic E-state index is 0.0171. The van der Waals surface area contributed by atoms with E-state index in [0.29, 0.717) is 10.8 Å². The molecule has 0 bridgehead atoms. The molecule has 0 aliphatic carbocycles. The lowest BCUT2D eigenvalue weighted by molar-refractivity contribution is 0.404. The highest BCUT2D eigenvalue weighted by molar-refractivity contribution is 8.14. The largest absolute Gasteiger partial charge is 0.495 e. The van der Waals surface area contributed by atoms with E-state index in [1.807, 2.05) is 0 Å². The van der Waals surface area contributed by atoms with Gasteiger partial charge in [0.05, 0.1) is 7.11 Å². The van der Waals surface area contributed by atoms with E-state index in [2.05, 4.69) is 4.98 Å². The number of methoxy groups -OCH3 is 1. The third-order valence-corrected chi connectivity index (χ3v) is 3.57. The first kappa shape index (κ1) is 11.2. The molecule has 2 rings (SSSR count). The van der Waals surface area contributed by atoms with E-state index < -0.39 is 9.05 Å². The molecule has 0 amide bonds. The van der Waals surface area contributed by atoms with Gasteiger partial charge in [-0.3, -0.25) is 4.98 Å². The van der Waals surface area contributed by atoms with Crippen LogP contribution in [-0.4, -0.2) is 20.5 Å². The Morgan fingerprint density at radius 1 is 1.31 bits per heavy atom. The van der Waals surface area contributed by atoms with Crippen molar-refractivity contribution in [3.05, 3.63) is 30.6 Å².